The summed E-state index contributed by atoms with van der Waals surface area (Å²) in [5.41, 5.74) is 0.394. The third-order valence-corrected chi connectivity index (χ3v) is 2.64. The minimum Gasteiger partial charge on any atom is -0.460 e. The minimum absolute atomic E-state index is 0.275. The number of carbonyl (C=O) groups is 2. The number of benzene rings is 1. The highest BCUT2D eigenvalue weighted by Crippen LogP contribution is 2.17. The average Bonchev–Trinajstić information content (AvgIpc) is 2.35. The zero-order valence-electron chi connectivity index (χ0n) is 10.6. The molecule has 1 atom stereocenters. The molecule has 0 aliphatic rings. The molecule has 5 nitrogen and oxygen atoms in total. The number of hydrogen-bond donors (Lipinski definition) is 1. The Balaban J connectivity index is 2.49. The first-order valence-corrected chi connectivity index (χ1v) is 6.49. The van der Waals surface area contributed by atoms with Gasteiger partial charge in [0.2, 0.25) is 0 Å². The number of hydrogen-bond acceptors (Lipinski definition) is 5. The van der Waals surface area contributed by atoms with Crippen LogP contribution in [0.5, 0.6) is 0 Å². The molecule has 0 fully saturated rings. The van der Waals surface area contributed by atoms with Crippen molar-refractivity contribution in [2.24, 2.45) is 0 Å². The molecule has 0 aliphatic heterocycles. The number of carbonyl (C=O) groups excluding carboxylic acids is 2. The molecule has 19 heavy (non-hydrogen) atoms. The van der Waals surface area contributed by atoms with Gasteiger partial charge in [-0.05, 0) is 31.5 Å². The second-order valence-electron chi connectivity index (χ2n) is 4.10. The first-order valence-electron chi connectivity index (χ1n) is 5.70. The second kappa shape index (κ2) is 7.25. The fraction of sp³-hybridized carbons (Fsp3) is 0.385. The summed E-state index contributed by atoms with van der Waals surface area (Å²) in [6.07, 6.45) is -1.69. The van der Waals surface area contributed by atoms with Crippen LogP contribution in [0.4, 0.5) is 0 Å². The lowest BCUT2D eigenvalue weighted by Gasteiger charge is -2.12. The molecule has 1 aromatic rings. The van der Waals surface area contributed by atoms with E-state index in [1.165, 1.54) is 0 Å². The van der Waals surface area contributed by atoms with Gasteiger partial charge in [-0.1, -0.05) is 28.1 Å². The molecule has 1 aromatic carbocycles. The van der Waals surface area contributed by atoms with Crippen LogP contribution in [0, 0.1) is 0 Å². The van der Waals surface area contributed by atoms with Gasteiger partial charge in [-0.15, -0.1) is 0 Å². The molecular formula is C13H15BrO5. The lowest BCUT2D eigenvalue weighted by Crippen LogP contribution is -2.22. The summed E-state index contributed by atoms with van der Waals surface area (Å²) in [6.45, 7) is 2.87. The highest BCUT2D eigenvalue weighted by Gasteiger charge is 2.20. The summed E-state index contributed by atoms with van der Waals surface area (Å²) in [5.74, 6) is -1.53. The van der Waals surface area contributed by atoms with Crippen LogP contribution in [0.1, 0.15) is 25.5 Å². The van der Waals surface area contributed by atoms with Gasteiger partial charge < -0.3 is 14.6 Å². The van der Waals surface area contributed by atoms with Crippen LogP contribution in [-0.4, -0.2) is 29.8 Å². The molecule has 0 bridgehead atoms. The average molecular weight is 331 g/mol. The van der Waals surface area contributed by atoms with E-state index in [1.807, 2.05) is 0 Å². The lowest BCUT2D eigenvalue weighted by atomic mass is 10.1. The van der Waals surface area contributed by atoms with Crippen LogP contribution in [0.2, 0.25) is 0 Å². The van der Waals surface area contributed by atoms with Gasteiger partial charge in [-0.2, -0.15) is 0 Å². The van der Waals surface area contributed by atoms with Crippen LogP contribution >= 0.6 is 15.9 Å². The first-order chi connectivity index (χ1) is 8.90. The highest BCUT2D eigenvalue weighted by molar-refractivity contribution is 9.10. The molecule has 0 unspecified atom stereocenters. The van der Waals surface area contributed by atoms with E-state index < -0.39 is 24.6 Å². The SMILES string of the molecule is CC(C)OC(=O)COC(=O)[C@@H](O)c1ccc(Br)cc1. The number of halogens is 1. The molecule has 0 aromatic heterocycles. The van der Waals surface area contributed by atoms with Gasteiger partial charge in [0.15, 0.2) is 12.7 Å². The Morgan fingerprint density at radius 3 is 2.37 bits per heavy atom. The second-order valence-corrected chi connectivity index (χ2v) is 5.02. The Morgan fingerprint density at radius 2 is 1.84 bits per heavy atom. The van der Waals surface area contributed by atoms with Crippen molar-refractivity contribution >= 4 is 27.9 Å². The Bertz CT molecular complexity index is 441. The molecule has 1 N–H and O–H groups in total. The van der Waals surface area contributed by atoms with Gasteiger partial charge in [-0.25, -0.2) is 9.59 Å². The van der Waals surface area contributed by atoms with Crippen molar-refractivity contribution in [1.82, 2.24) is 0 Å². The Hall–Kier alpha value is -1.40. The van der Waals surface area contributed by atoms with Gasteiger partial charge in [-0.3, -0.25) is 0 Å². The van der Waals surface area contributed by atoms with Crippen molar-refractivity contribution in [3.05, 3.63) is 34.3 Å². The van der Waals surface area contributed by atoms with E-state index in [0.717, 1.165) is 4.47 Å². The minimum atomic E-state index is -1.42. The van der Waals surface area contributed by atoms with Crippen molar-refractivity contribution in [3.63, 3.8) is 0 Å². The Kier molecular flexibility index (Phi) is 5.98. The molecule has 0 spiro atoms. The molecule has 0 aliphatic carbocycles. The van der Waals surface area contributed by atoms with E-state index in [4.69, 9.17) is 4.74 Å². The van der Waals surface area contributed by atoms with Gasteiger partial charge in [0.25, 0.3) is 0 Å². The van der Waals surface area contributed by atoms with E-state index in [-0.39, 0.29) is 6.10 Å². The topological polar surface area (TPSA) is 72.8 Å². The Labute approximate surface area is 119 Å². The number of aliphatic hydroxyl groups is 1. The number of ether oxygens (including phenoxy) is 2. The predicted molar refractivity (Wildman–Crippen MR) is 71.3 cm³/mol. The zero-order chi connectivity index (χ0) is 14.4. The van der Waals surface area contributed by atoms with Crippen LogP contribution in [-0.2, 0) is 19.1 Å². The van der Waals surface area contributed by atoms with Gasteiger partial charge in [0.1, 0.15) is 0 Å². The van der Waals surface area contributed by atoms with E-state index in [2.05, 4.69) is 20.7 Å². The maximum Gasteiger partial charge on any atom is 0.344 e. The molecule has 104 valence electrons. The number of esters is 2. The molecular weight excluding hydrogens is 316 g/mol. The van der Waals surface area contributed by atoms with Gasteiger partial charge >= 0.3 is 11.9 Å². The first kappa shape index (κ1) is 15.7. The summed E-state index contributed by atoms with van der Waals surface area (Å²) in [6, 6.07) is 6.56. The van der Waals surface area contributed by atoms with E-state index in [9.17, 15) is 14.7 Å². The Morgan fingerprint density at radius 1 is 1.26 bits per heavy atom. The summed E-state index contributed by atoms with van der Waals surface area (Å²) in [7, 11) is 0. The summed E-state index contributed by atoms with van der Waals surface area (Å²) < 4.78 is 10.3. The van der Waals surface area contributed by atoms with E-state index >= 15 is 0 Å². The van der Waals surface area contributed by atoms with Crippen LogP contribution in [0.25, 0.3) is 0 Å². The maximum absolute atomic E-state index is 11.5. The third-order valence-electron chi connectivity index (χ3n) is 2.11. The monoisotopic (exact) mass is 330 g/mol. The van der Waals surface area contributed by atoms with E-state index in [0.29, 0.717) is 5.56 Å². The number of rotatable bonds is 5. The van der Waals surface area contributed by atoms with Crippen LogP contribution < -0.4 is 0 Å². The largest absolute Gasteiger partial charge is 0.460 e. The van der Waals surface area contributed by atoms with E-state index in [1.54, 1.807) is 38.1 Å². The molecule has 0 saturated heterocycles. The summed E-state index contributed by atoms with van der Waals surface area (Å²) in [5, 5.41) is 9.73. The quantitative estimate of drug-likeness (QED) is 0.835. The fourth-order valence-corrected chi connectivity index (χ4v) is 1.55. The highest BCUT2D eigenvalue weighted by atomic mass is 79.9. The predicted octanol–water partition coefficient (Wildman–Crippen LogP) is 1.98. The molecule has 1 rings (SSSR count). The van der Waals surface area contributed by atoms with Gasteiger partial charge in [0, 0.05) is 4.47 Å². The third kappa shape index (κ3) is 5.40. The zero-order valence-corrected chi connectivity index (χ0v) is 12.2. The molecule has 0 heterocycles. The summed E-state index contributed by atoms with van der Waals surface area (Å²) in [4.78, 5) is 22.7. The van der Waals surface area contributed by atoms with Crippen molar-refractivity contribution in [3.8, 4) is 0 Å². The van der Waals surface area contributed by atoms with Crippen LogP contribution in [0.3, 0.4) is 0 Å². The molecule has 0 amide bonds. The maximum atomic E-state index is 11.5. The summed E-state index contributed by atoms with van der Waals surface area (Å²) >= 11 is 3.25. The molecule has 0 radical (unpaired) electrons. The lowest BCUT2D eigenvalue weighted by molar-refractivity contribution is -0.166. The smallest absolute Gasteiger partial charge is 0.344 e. The normalized spacial score (nSPS) is 12.1. The molecule has 0 saturated carbocycles. The van der Waals surface area contributed by atoms with Crippen molar-refractivity contribution in [2.45, 2.75) is 26.1 Å². The molecule has 6 heteroatoms. The van der Waals surface area contributed by atoms with Crippen molar-refractivity contribution in [2.75, 3.05) is 6.61 Å². The van der Waals surface area contributed by atoms with Crippen molar-refractivity contribution < 1.29 is 24.2 Å². The number of aliphatic hydroxyl groups excluding tert-OH is 1. The van der Waals surface area contributed by atoms with Gasteiger partial charge in [0.05, 0.1) is 6.10 Å². The standard InChI is InChI=1S/C13H15BrO5/c1-8(2)19-11(15)7-18-13(17)12(16)9-3-5-10(14)6-4-9/h3-6,8,12,16H,7H2,1-2H3/t12-/m0/s1. The van der Waals surface area contributed by atoms with Crippen molar-refractivity contribution in [1.29, 1.82) is 0 Å². The fourth-order valence-electron chi connectivity index (χ4n) is 1.29. The van der Waals surface area contributed by atoms with Crippen LogP contribution in [0.15, 0.2) is 28.7 Å².